The molecular formula is C17H15ClN4O. The number of carbonyl (C=O) groups excluding carboxylic acids is 1. The van der Waals surface area contributed by atoms with Crippen LogP contribution < -0.4 is 5.32 Å². The van der Waals surface area contributed by atoms with Crippen molar-refractivity contribution in [3.05, 3.63) is 83.2 Å². The summed E-state index contributed by atoms with van der Waals surface area (Å²) in [5.41, 5.74) is 2.43. The summed E-state index contributed by atoms with van der Waals surface area (Å²) >= 11 is 5.79. The van der Waals surface area contributed by atoms with Crippen LogP contribution in [0.25, 0.3) is 0 Å². The van der Waals surface area contributed by atoms with Gasteiger partial charge in [-0.2, -0.15) is 0 Å². The average molecular weight is 327 g/mol. The van der Waals surface area contributed by atoms with E-state index in [0.29, 0.717) is 23.7 Å². The zero-order chi connectivity index (χ0) is 16.1. The number of carbonyl (C=O) groups is 1. The van der Waals surface area contributed by atoms with Gasteiger partial charge in [-0.25, -0.2) is 4.98 Å². The Morgan fingerprint density at radius 3 is 2.91 bits per heavy atom. The van der Waals surface area contributed by atoms with E-state index < -0.39 is 0 Å². The molecule has 1 N–H and O–H groups in total. The number of nitrogens with one attached hydrogen (secondary N) is 1. The number of halogens is 1. The highest BCUT2D eigenvalue weighted by Gasteiger charge is 2.07. The van der Waals surface area contributed by atoms with E-state index in [1.165, 1.54) is 0 Å². The van der Waals surface area contributed by atoms with Crippen LogP contribution in [0.4, 0.5) is 0 Å². The maximum Gasteiger partial charge on any atom is 0.251 e. The average Bonchev–Trinajstić information content (AvgIpc) is 3.07. The number of pyridine rings is 1. The highest BCUT2D eigenvalue weighted by molar-refractivity contribution is 6.30. The molecule has 5 nitrogen and oxygen atoms in total. The van der Waals surface area contributed by atoms with Gasteiger partial charge in [-0.15, -0.1) is 0 Å². The lowest BCUT2D eigenvalue weighted by molar-refractivity contribution is 0.0950. The molecule has 2 heterocycles. The number of imidazole rings is 1. The van der Waals surface area contributed by atoms with Crippen LogP contribution in [0, 0.1) is 0 Å². The minimum atomic E-state index is -0.130. The first kappa shape index (κ1) is 15.2. The third-order valence-electron chi connectivity index (χ3n) is 3.33. The summed E-state index contributed by atoms with van der Waals surface area (Å²) < 4.78 is 1.95. The zero-order valence-corrected chi connectivity index (χ0v) is 13.1. The molecule has 1 aromatic carbocycles. The predicted octanol–water partition coefficient (Wildman–Crippen LogP) is 2.91. The van der Waals surface area contributed by atoms with Crippen molar-refractivity contribution in [1.29, 1.82) is 0 Å². The van der Waals surface area contributed by atoms with Crippen molar-refractivity contribution in [3.63, 3.8) is 0 Å². The molecule has 6 heteroatoms. The van der Waals surface area contributed by atoms with Gasteiger partial charge in [0.25, 0.3) is 5.91 Å². The summed E-state index contributed by atoms with van der Waals surface area (Å²) in [5.74, 6) is -0.130. The summed E-state index contributed by atoms with van der Waals surface area (Å²) in [6.07, 6.45) is 6.93. The highest BCUT2D eigenvalue weighted by Crippen LogP contribution is 2.09. The van der Waals surface area contributed by atoms with Crippen molar-refractivity contribution in [3.8, 4) is 0 Å². The standard InChI is InChI=1S/C17H15ClN4O/c18-15-4-5-16(20-9-15)10-21-17(23)14-3-1-2-13(8-14)11-22-7-6-19-12-22/h1-9,12H,10-11H2,(H,21,23). The SMILES string of the molecule is O=C(NCc1ccc(Cl)cn1)c1cccc(Cn2ccnc2)c1. The molecule has 0 saturated carbocycles. The number of amides is 1. The third-order valence-corrected chi connectivity index (χ3v) is 3.56. The van der Waals surface area contributed by atoms with Crippen molar-refractivity contribution in [2.45, 2.75) is 13.1 Å². The Bertz CT molecular complexity index is 785. The van der Waals surface area contributed by atoms with Crippen LogP contribution in [0.3, 0.4) is 0 Å². The lowest BCUT2D eigenvalue weighted by Crippen LogP contribution is -2.23. The molecule has 2 aromatic heterocycles. The van der Waals surface area contributed by atoms with Gasteiger partial charge in [-0.3, -0.25) is 9.78 Å². The highest BCUT2D eigenvalue weighted by atomic mass is 35.5. The summed E-state index contributed by atoms with van der Waals surface area (Å²) in [4.78, 5) is 20.4. The fourth-order valence-electron chi connectivity index (χ4n) is 2.19. The van der Waals surface area contributed by atoms with Crippen LogP contribution in [0.1, 0.15) is 21.6 Å². The maximum absolute atomic E-state index is 12.3. The van der Waals surface area contributed by atoms with Gasteiger partial charge in [-0.05, 0) is 29.8 Å². The zero-order valence-electron chi connectivity index (χ0n) is 12.3. The summed E-state index contributed by atoms with van der Waals surface area (Å²) in [5, 5.41) is 3.43. The summed E-state index contributed by atoms with van der Waals surface area (Å²) in [7, 11) is 0. The largest absolute Gasteiger partial charge is 0.346 e. The van der Waals surface area contributed by atoms with E-state index in [0.717, 1.165) is 11.3 Å². The molecule has 23 heavy (non-hydrogen) atoms. The van der Waals surface area contributed by atoms with Gasteiger partial charge >= 0.3 is 0 Å². The predicted molar refractivity (Wildman–Crippen MR) is 88.2 cm³/mol. The molecule has 0 aliphatic heterocycles. The van der Waals surface area contributed by atoms with Gasteiger partial charge in [0.2, 0.25) is 0 Å². The van der Waals surface area contributed by atoms with Gasteiger partial charge in [0.15, 0.2) is 0 Å². The molecule has 0 aliphatic rings. The maximum atomic E-state index is 12.3. The second-order valence-corrected chi connectivity index (χ2v) is 5.52. The van der Waals surface area contributed by atoms with Gasteiger partial charge < -0.3 is 9.88 Å². The lowest BCUT2D eigenvalue weighted by Gasteiger charge is -2.07. The van der Waals surface area contributed by atoms with Crippen LogP contribution in [-0.2, 0) is 13.1 Å². The van der Waals surface area contributed by atoms with Crippen LogP contribution in [0.2, 0.25) is 5.02 Å². The van der Waals surface area contributed by atoms with Crippen LogP contribution in [0.5, 0.6) is 0 Å². The molecule has 3 rings (SSSR count). The van der Waals surface area contributed by atoms with Gasteiger partial charge in [-0.1, -0.05) is 23.7 Å². The van der Waals surface area contributed by atoms with Crippen molar-refractivity contribution in [1.82, 2.24) is 19.9 Å². The van der Waals surface area contributed by atoms with E-state index in [1.807, 2.05) is 29.0 Å². The number of rotatable bonds is 5. The topological polar surface area (TPSA) is 59.8 Å². The van der Waals surface area contributed by atoms with Gasteiger partial charge in [0, 0.05) is 30.7 Å². The van der Waals surface area contributed by atoms with E-state index in [4.69, 9.17) is 11.6 Å². The number of hydrogen-bond acceptors (Lipinski definition) is 3. The van der Waals surface area contributed by atoms with Crippen molar-refractivity contribution in [2.75, 3.05) is 0 Å². The monoisotopic (exact) mass is 326 g/mol. The quantitative estimate of drug-likeness (QED) is 0.784. The van der Waals surface area contributed by atoms with Crippen LogP contribution in [-0.4, -0.2) is 20.4 Å². The Labute approximate surface area is 139 Å². The number of benzene rings is 1. The van der Waals surface area contributed by atoms with E-state index in [-0.39, 0.29) is 5.91 Å². The summed E-state index contributed by atoms with van der Waals surface area (Å²) in [6, 6.07) is 11.1. The molecule has 0 atom stereocenters. The summed E-state index contributed by atoms with van der Waals surface area (Å²) in [6.45, 7) is 1.04. The number of aromatic nitrogens is 3. The Morgan fingerprint density at radius 2 is 2.17 bits per heavy atom. The fourth-order valence-corrected chi connectivity index (χ4v) is 2.30. The van der Waals surface area contributed by atoms with Crippen molar-refractivity contribution >= 4 is 17.5 Å². The fraction of sp³-hybridized carbons (Fsp3) is 0.118. The van der Waals surface area contributed by atoms with Crippen molar-refractivity contribution < 1.29 is 4.79 Å². The normalized spacial score (nSPS) is 10.5. The minimum Gasteiger partial charge on any atom is -0.346 e. The van der Waals surface area contributed by atoms with E-state index in [1.54, 1.807) is 36.9 Å². The Morgan fingerprint density at radius 1 is 1.26 bits per heavy atom. The second kappa shape index (κ2) is 7.07. The molecular weight excluding hydrogens is 312 g/mol. The Kier molecular flexibility index (Phi) is 4.68. The number of hydrogen-bond donors (Lipinski definition) is 1. The van der Waals surface area contributed by atoms with E-state index in [9.17, 15) is 4.79 Å². The van der Waals surface area contributed by atoms with Crippen molar-refractivity contribution in [2.24, 2.45) is 0 Å². The second-order valence-electron chi connectivity index (χ2n) is 5.09. The lowest BCUT2D eigenvalue weighted by atomic mass is 10.1. The molecule has 0 spiro atoms. The van der Waals surface area contributed by atoms with E-state index >= 15 is 0 Å². The molecule has 3 aromatic rings. The Balaban J connectivity index is 1.63. The minimum absolute atomic E-state index is 0.130. The first-order valence-corrected chi connectivity index (χ1v) is 7.52. The van der Waals surface area contributed by atoms with Crippen LogP contribution in [0.15, 0.2) is 61.3 Å². The van der Waals surface area contributed by atoms with Crippen LogP contribution >= 0.6 is 11.6 Å². The van der Waals surface area contributed by atoms with E-state index in [2.05, 4.69) is 15.3 Å². The molecule has 0 bridgehead atoms. The molecule has 116 valence electrons. The van der Waals surface area contributed by atoms with Gasteiger partial charge in [0.1, 0.15) is 0 Å². The molecule has 0 radical (unpaired) electrons. The molecule has 0 fully saturated rings. The molecule has 0 unspecified atom stereocenters. The number of nitrogens with zero attached hydrogens (tertiary/aromatic N) is 3. The Hall–Kier alpha value is -2.66. The van der Waals surface area contributed by atoms with Gasteiger partial charge in [0.05, 0.1) is 23.6 Å². The molecule has 0 saturated heterocycles. The smallest absolute Gasteiger partial charge is 0.251 e. The molecule has 1 amide bonds. The first-order chi connectivity index (χ1) is 11.2. The molecule has 0 aliphatic carbocycles. The third kappa shape index (κ3) is 4.17. The first-order valence-electron chi connectivity index (χ1n) is 7.14.